The fraction of sp³-hybridized carbons (Fsp3) is 0.615. The SMILES string of the molecule is COc1ccnc(CNN2CCCCC2)c1OC. The third kappa shape index (κ3) is 3.11. The van der Waals surface area contributed by atoms with Crippen LogP contribution in [-0.2, 0) is 6.54 Å². The lowest BCUT2D eigenvalue weighted by molar-refractivity contribution is 0.149. The maximum atomic E-state index is 5.36. The summed E-state index contributed by atoms with van der Waals surface area (Å²) >= 11 is 0. The number of methoxy groups -OCH3 is 2. The second kappa shape index (κ2) is 6.56. The molecule has 100 valence electrons. The summed E-state index contributed by atoms with van der Waals surface area (Å²) in [6.45, 7) is 2.87. The Labute approximate surface area is 108 Å². The van der Waals surface area contributed by atoms with Crippen molar-refractivity contribution in [3.05, 3.63) is 18.0 Å². The highest BCUT2D eigenvalue weighted by Crippen LogP contribution is 2.28. The predicted molar refractivity (Wildman–Crippen MR) is 69.6 cm³/mol. The van der Waals surface area contributed by atoms with E-state index >= 15 is 0 Å². The first-order valence-corrected chi connectivity index (χ1v) is 6.39. The number of hydrazine groups is 1. The lowest BCUT2D eigenvalue weighted by atomic mass is 10.2. The van der Waals surface area contributed by atoms with E-state index in [4.69, 9.17) is 9.47 Å². The molecule has 2 heterocycles. The van der Waals surface area contributed by atoms with Crippen LogP contribution in [0.1, 0.15) is 25.0 Å². The van der Waals surface area contributed by atoms with Gasteiger partial charge in [-0.1, -0.05) is 6.42 Å². The van der Waals surface area contributed by atoms with Gasteiger partial charge in [0.2, 0.25) is 0 Å². The van der Waals surface area contributed by atoms with Crippen LogP contribution in [0.3, 0.4) is 0 Å². The number of nitrogens with one attached hydrogen (secondary N) is 1. The average molecular weight is 251 g/mol. The molecule has 0 bridgehead atoms. The summed E-state index contributed by atoms with van der Waals surface area (Å²) in [7, 11) is 3.28. The molecule has 0 spiro atoms. The highest BCUT2D eigenvalue weighted by atomic mass is 16.5. The van der Waals surface area contributed by atoms with Crippen LogP contribution >= 0.6 is 0 Å². The van der Waals surface area contributed by atoms with Gasteiger partial charge in [0.05, 0.1) is 20.8 Å². The van der Waals surface area contributed by atoms with E-state index in [1.165, 1.54) is 19.3 Å². The molecule has 1 N–H and O–H groups in total. The molecule has 5 heteroatoms. The summed E-state index contributed by atoms with van der Waals surface area (Å²) in [6.07, 6.45) is 5.60. The van der Waals surface area contributed by atoms with Gasteiger partial charge in [-0.15, -0.1) is 0 Å². The number of hydrogen-bond donors (Lipinski definition) is 1. The number of nitrogens with zero attached hydrogens (tertiary/aromatic N) is 2. The van der Waals surface area contributed by atoms with E-state index in [0.717, 1.165) is 24.5 Å². The largest absolute Gasteiger partial charge is 0.493 e. The molecule has 0 aromatic carbocycles. The minimum Gasteiger partial charge on any atom is -0.493 e. The number of piperidine rings is 1. The molecule has 0 unspecified atom stereocenters. The summed E-state index contributed by atoms with van der Waals surface area (Å²) in [5.74, 6) is 1.44. The van der Waals surface area contributed by atoms with E-state index < -0.39 is 0 Å². The maximum Gasteiger partial charge on any atom is 0.183 e. The summed E-state index contributed by atoms with van der Waals surface area (Å²) in [5, 5.41) is 2.25. The van der Waals surface area contributed by atoms with Crippen molar-refractivity contribution in [1.29, 1.82) is 0 Å². The molecule has 0 amide bonds. The van der Waals surface area contributed by atoms with Crippen molar-refractivity contribution < 1.29 is 9.47 Å². The number of hydrogen-bond acceptors (Lipinski definition) is 5. The first-order chi connectivity index (χ1) is 8.85. The minimum absolute atomic E-state index is 0.667. The first kappa shape index (κ1) is 13.1. The third-order valence-corrected chi connectivity index (χ3v) is 3.19. The number of aromatic nitrogens is 1. The second-order valence-electron chi connectivity index (χ2n) is 4.38. The molecule has 0 aliphatic carbocycles. The van der Waals surface area contributed by atoms with Gasteiger partial charge >= 0.3 is 0 Å². The number of ether oxygens (including phenoxy) is 2. The second-order valence-corrected chi connectivity index (χ2v) is 4.38. The van der Waals surface area contributed by atoms with Gasteiger partial charge in [0.1, 0.15) is 5.69 Å². The van der Waals surface area contributed by atoms with Crippen LogP contribution in [0.15, 0.2) is 12.3 Å². The monoisotopic (exact) mass is 251 g/mol. The van der Waals surface area contributed by atoms with Crippen molar-refractivity contribution in [2.24, 2.45) is 0 Å². The smallest absolute Gasteiger partial charge is 0.183 e. The molecule has 1 fully saturated rings. The third-order valence-electron chi connectivity index (χ3n) is 3.19. The van der Waals surface area contributed by atoms with Crippen molar-refractivity contribution in [2.45, 2.75) is 25.8 Å². The molecule has 2 rings (SSSR count). The van der Waals surface area contributed by atoms with Crippen LogP contribution in [-0.4, -0.2) is 37.3 Å². The Morgan fingerprint density at radius 1 is 1.22 bits per heavy atom. The Morgan fingerprint density at radius 3 is 2.67 bits per heavy atom. The van der Waals surface area contributed by atoms with Gasteiger partial charge in [0.25, 0.3) is 0 Å². The zero-order valence-corrected chi connectivity index (χ0v) is 11.1. The molecule has 0 atom stereocenters. The van der Waals surface area contributed by atoms with Gasteiger partial charge in [0.15, 0.2) is 11.5 Å². The molecular weight excluding hydrogens is 230 g/mol. The lowest BCUT2D eigenvalue weighted by Gasteiger charge is -2.27. The van der Waals surface area contributed by atoms with Crippen LogP contribution in [0.2, 0.25) is 0 Å². The van der Waals surface area contributed by atoms with Crippen molar-refractivity contribution in [3.63, 3.8) is 0 Å². The van der Waals surface area contributed by atoms with E-state index in [2.05, 4.69) is 15.4 Å². The van der Waals surface area contributed by atoms with E-state index in [1.54, 1.807) is 20.4 Å². The molecule has 0 radical (unpaired) electrons. The Hall–Kier alpha value is -1.33. The molecule has 1 aromatic rings. The van der Waals surface area contributed by atoms with Crippen LogP contribution in [0.25, 0.3) is 0 Å². The van der Waals surface area contributed by atoms with Crippen LogP contribution in [0, 0.1) is 0 Å². The maximum absolute atomic E-state index is 5.36. The van der Waals surface area contributed by atoms with E-state index in [1.807, 2.05) is 6.07 Å². The molecule has 1 aliphatic heterocycles. The topological polar surface area (TPSA) is 46.6 Å². The summed E-state index contributed by atoms with van der Waals surface area (Å²) in [6, 6.07) is 1.81. The van der Waals surface area contributed by atoms with Gasteiger partial charge in [-0.3, -0.25) is 4.98 Å². The quantitative estimate of drug-likeness (QED) is 0.861. The van der Waals surface area contributed by atoms with Crippen LogP contribution in [0.5, 0.6) is 11.5 Å². The lowest BCUT2D eigenvalue weighted by Crippen LogP contribution is -2.41. The average Bonchev–Trinajstić information content (AvgIpc) is 2.45. The minimum atomic E-state index is 0.667. The van der Waals surface area contributed by atoms with E-state index in [-0.39, 0.29) is 0 Å². The molecule has 1 aromatic heterocycles. The van der Waals surface area contributed by atoms with Gasteiger partial charge < -0.3 is 9.47 Å². The van der Waals surface area contributed by atoms with Gasteiger partial charge in [-0.05, 0) is 12.8 Å². The van der Waals surface area contributed by atoms with Crippen molar-refractivity contribution in [2.75, 3.05) is 27.3 Å². The van der Waals surface area contributed by atoms with Gasteiger partial charge in [-0.2, -0.15) is 0 Å². The Morgan fingerprint density at radius 2 is 2.00 bits per heavy atom. The predicted octanol–water partition coefficient (Wildman–Crippen LogP) is 1.59. The molecular formula is C13H21N3O2. The Kier molecular flexibility index (Phi) is 4.78. The normalized spacial score (nSPS) is 16.6. The molecule has 1 saturated heterocycles. The highest BCUT2D eigenvalue weighted by molar-refractivity contribution is 5.42. The Bertz CT molecular complexity index is 378. The fourth-order valence-corrected chi connectivity index (χ4v) is 2.22. The molecule has 5 nitrogen and oxygen atoms in total. The molecule has 1 aliphatic rings. The van der Waals surface area contributed by atoms with E-state index in [0.29, 0.717) is 12.3 Å². The molecule has 0 saturated carbocycles. The van der Waals surface area contributed by atoms with Gasteiger partial charge in [-0.25, -0.2) is 10.4 Å². The zero-order chi connectivity index (χ0) is 12.8. The summed E-state index contributed by atoms with van der Waals surface area (Å²) in [4.78, 5) is 4.35. The molecule has 18 heavy (non-hydrogen) atoms. The number of pyridine rings is 1. The van der Waals surface area contributed by atoms with Crippen LogP contribution < -0.4 is 14.9 Å². The van der Waals surface area contributed by atoms with Crippen molar-refractivity contribution >= 4 is 0 Å². The highest BCUT2D eigenvalue weighted by Gasteiger charge is 2.13. The van der Waals surface area contributed by atoms with Gasteiger partial charge in [0, 0.05) is 25.4 Å². The zero-order valence-electron chi connectivity index (χ0n) is 11.1. The first-order valence-electron chi connectivity index (χ1n) is 6.39. The summed E-state index contributed by atoms with van der Waals surface area (Å²) in [5.41, 5.74) is 4.28. The van der Waals surface area contributed by atoms with E-state index in [9.17, 15) is 0 Å². The number of rotatable bonds is 5. The van der Waals surface area contributed by atoms with Crippen molar-refractivity contribution in [3.8, 4) is 11.5 Å². The standard InChI is InChI=1S/C13H21N3O2/c1-17-12-6-7-14-11(13(12)18-2)10-15-16-8-4-3-5-9-16/h6-7,15H,3-5,8-10H2,1-2H3. The van der Waals surface area contributed by atoms with Crippen molar-refractivity contribution in [1.82, 2.24) is 15.4 Å². The summed E-state index contributed by atoms with van der Waals surface area (Å²) < 4.78 is 10.6. The van der Waals surface area contributed by atoms with Crippen LogP contribution in [0.4, 0.5) is 0 Å². The fourth-order valence-electron chi connectivity index (χ4n) is 2.22. The Balaban J connectivity index is 1.99.